The maximum absolute atomic E-state index is 13.0. The second kappa shape index (κ2) is 11.5. The first-order valence-corrected chi connectivity index (χ1v) is 13.0. The summed E-state index contributed by atoms with van der Waals surface area (Å²) in [5.74, 6) is 0.135. The van der Waals surface area contributed by atoms with E-state index in [2.05, 4.69) is 27.4 Å². The van der Waals surface area contributed by atoms with Crippen molar-refractivity contribution in [3.05, 3.63) is 97.3 Å². The largest absolute Gasteiger partial charge is 0.493 e. The molecular weight excluding hydrogens is 584 g/mol. The van der Waals surface area contributed by atoms with Crippen LogP contribution in [0.4, 0.5) is 0 Å². The molecule has 10 heteroatoms. The number of amides is 2. The molecule has 1 aliphatic rings. The molecule has 0 atom stereocenters. The van der Waals surface area contributed by atoms with E-state index in [1.165, 1.54) is 6.07 Å². The van der Waals surface area contributed by atoms with E-state index in [4.69, 9.17) is 33.3 Å². The molecule has 0 bridgehead atoms. The van der Waals surface area contributed by atoms with Crippen LogP contribution < -0.4 is 14.9 Å². The molecule has 1 N–H and O–H groups in total. The van der Waals surface area contributed by atoms with Crippen LogP contribution >= 0.6 is 51.5 Å². The van der Waals surface area contributed by atoms with E-state index in [0.717, 1.165) is 27.9 Å². The quantitative estimate of drug-likeness (QED) is 0.244. The number of nitrogens with one attached hydrogen (secondary N) is 1. The second-order valence-corrected chi connectivity index (χ2v) is 10.7. The molecule has 0 unspecified atom stereocenters. The first-order valence-electron chi connectivity index (χ1n) is 10.7. The van der Waals surface area contributed by atoms with Gasteiger partial charge in [-0.2, -0.15) is 5.01 Å². The molecule has 0 aromatic heterocycles. The van der Waals surface area contributed by atoms with Crippen LogP contribution in [0.25, 0.3) is 6.08 Å². The van der Waals surface area contributed by atoms with Crippen LogP contribution in [0, 0.1) is 6.92 Å². The lowest BCUT2D eigenvalue weighted by Gasteiger charge is -2.15. The summed E-state index contributed by atoms with van der Waals surface area (Å²) >= 11 is 15.9. The summed E-state index contributed by atoms with van der Waals surface area (Å²) < 4.78 is 12.5. The van der Waals surface area contributed by atoms with E-state index in [0.29, 0.717) is 43.6 Å². The smallest absolute Gasteiger partial charge is 0.285 e. The Bertz CT molecular complexity index is 1400. The molecule has 1 fully saturated rings. The van der Waals surface area contributed by atoms with Crippen LogP contribution in [-0.2, 0) is 11.4 Å². The minimum absolute atomic E-state index is 0.214. The molecule has 1 saturated heterocycles. The molecule has 184 valence electrons. The molecular formula is C26H20BrClN2O4S2. The number of hydrogen-bond donors (Lipinski definition) is 1. The number of nitrogens with zero attached hydrogens (tertiary/aromatic N) is 1. The first kappa shape index (κ1) is 26.2. The lowest BCUT2D eigenvalue weighted by atomic mass is 10.1. The van der Waals surface area contributed by atoms with Gasteiger partial charge in [-0.15, -0.1) is 0 Å². The molecule has 4 rings (SSSR count). The summed E-state index contributed by atoms with van der Waals surface area (Å²) in [6.45, 7) is 2.40. The predicted molar refractivity (Wildman–Crippen MR) is 150 cm³/mol. The van der Waals surface area contributed by atoms with Crippen LogP contribution in [0.2, 0.25) is 5.02 Å². The molecule has 36 heavy (non-hydrogen) atoms. The van der Waals surface area contributed by atoms with Gasteiger partial charge in [0.05, 0.1) is 16.5 Å². The van der Waals surface area contributed by atoms with Gasteiger partial charge in [0.25, 0.3) is 11.8 Å². The van der Waals surface area contributed by atoms with E-state index in [9.17, 15) is 9.59 Å². The average molecular weight is 604 g/mol. The Kier molecular flexibility index (Phi) is 8.35. The molecule has 0 radical (unpaired) electrons. The Morgan fingerprint density at radius 3 is 2.69 bits per heavy atom. The van der Waals surface area contributed by atoms with Crippen molar-refractivity contribution < 1.29 is 19.1 Å². The van der Waals surface area contributed by atoms with Crippen molar-refractivity contribution in [2.75, 3.05) is 7.11 Å². The number of ether oxygens (including phenoxy) is 2. The standard InChI is InChI=1S/C26H20BrClN2O4S2/c1-15-5-3-6-16(9-15)14-34-23-20(27)10-17(11-21(23)33-2)12-22-25(32)30(26(35)36-22)29-24(31)18-7-4-8-19(28)13-18/h3-13H,14H2,1-2H3,(H,29,31)/b22-12+. The van der Waals surface area contributed by atoms with Crippen molar-refractivity contribution in [1.29, 1.82) is 0 Å². The van der Waals surface area contributed by atoms with Crippen LogP contribution in [0.15, 0.2) is 70.0 Å². The van der Waals surface area contributed by atoms with Gasteiger partial charge in [-0.05, 0) is 82.6 Å². The summed E-state index contributed by atoms with van der Waals surface area (Å²) in [6, 6.07) is 18.1. The number of halogens is 2. The number of hydrogen-bond acceptors (Lipinski definition) is 6. The maximum Gasteiger partial charge on any atom is 0.285 e. The zero-order valence-corrected chi connectivity index (χ0v) is 23.2. The molecule has 0 spiro atoms. The number of methoxy groups -OCH3 is 1. The van der Waals surface area contributed by atoms with E-state index in [1.54, 1.807) is 37.5 Å². The highest BCUT2D eigenvalue weighted by Gasteiger charge is 2.34. The number of carbonyl (C=O) groups is 2. The number of thiocarbonyl (C=S) groups is 1. The highest BCUT2D eigenvalue weighted by molar-refractivity contribution is 9.10. The first-order chi connectivity index (χ1) is 17.2. The molecule has 1 heterocycles. The molecule has 6 nitrogen and oxygen atoms in total. The highest BCUT2D eigenvalue weighted by atomic mass is 79.9. The van der Waals surface area contributed by atoms with E-state index in [-0.39, 0.29) is 4.32 Å². The second-order valence-electron chi connectivity index (χ2n) is 7.78. The third-order valence-corrected chi connectivity index (χ3v) is 7.24. The Morgan fingerprint density at radius 1 is 1.19 bits per heavy atom. The molecule has 2 amide bonds. The third kappa shape index (κ3) is 6.10. The van der Waals surface area contributed by atoms with Crippen LogP contribution in [0.3, 0.4) is 0 Å². The molecule has 1 aliphatic heterocycles. The van der Waals surface area contributed by atoms with Crippen molar-refractivity contribution >= 4 is 73.7 Å². The number of rotatable bonds is 7. The minimum atomic E-state index is -0.491. The fourth-order valence-corrected chi connectivity index (χ4v) is 5.38. The van der Waals surface area contributed by atoms with E-state index in [1.807, 2.05) is 31.2 Å². The number of hydrazine groups is 1. The fraction of sp³-hybridized carbons (Fsp3) is 0.115. The predicted octanol–water partition coefficient (Wildman–Crippen LogP) is 6.54. The van der Waals surface area contributed by atoms with Crippen LogP contribution in [0.5, 0.6) is 11.5 Å². The van der Waals surface area contributed by atoms with Crippen LogP contribution in [-0.4, -0.2) is 28.3 Å². The lowest BCUT2D eigenvalue weighted by Crippen LogP contribution is -2.44. The normalized spacial score (nSPS) is 14.3. The Labute approximate surface area is 231 Å². The molecule has 0 saturated carbocycles. The maximum atomic E-state index is 13.0. The summed E-state index contributed by atoms with van der Waals surface area (Å²) in [6.07, 6.45) is 1.68. The topological polar surface area (TPSA) is 67.9 Å². The minimum Gasteiger partial charge on any atom is -0.493 e. The van der Waals surface area contributed by atoms with Gasteiger partial charge < -0.3 is 9.47 Å². The number of carbonyl (C=O) groups excluding carboxylic acids is 2. The van der Waals surface area contributed by atoms with Crippen molar-refractivity contribution in [3.8, 4) is 11.5 Å². The zero-order valence-electron chi connectivity index (χ0n) is 19.2. The van der Waals surface area contributed by atoms with Gasteiger partial charge in [-0.1, -0.05) is 59.3 Å². The average Bonchev–Trinajstić information content (AvgIpc) is 3.10. The van der Waals surface area contributed by atoms with Gasteiger partial charge in [0, 0.05) is 10.6 Å². The lowest BCUT2D eigenvalue weighted by molar-refractivity contribution is -0.123. The summed E-state index contributed by atoms with van der Waals surface area (Å²) in [4.78, 5) is 25.9. The van der Waals surface area contributed by atoms with Gasteiger partial charge >= 0.3 is 0 Å². The Balaban J connectivity index is 1.51. The van der Waals surface area contributed by atoms with E-state index < -0.39 is 11.8 Å². The summed E-state index contributed by atoms with van der Waals surface area (Å²) in [7, 11) is 1.55. The van der Waals surface area contributed by atoms with E-state index >= 15 is 0 Å². The fourth-order valence-electron chi connectivity index (χ4n) is 3.43. The monoisotopic (exact) mass is 602 g/mol. The Morgan fingerprint density at radius 2 is 1.97 bits per heavy atom. The van der Waals surface area contributed by atoms with Gasteiger partial charge in [0.15, 0.2) is 15.8 Å². The van der Waals surface area contributed by atoms with Crippen molar-refractivity contribution in [1.82, 2.24) is 10.4 Å². The van der Waals surface area contributed by atoms with Crippen molar-refractivity contribution in [2.45, 2.75) is 13.5 Å². The summed E-state index contributed by atoms with van der Waals surface area (Å²) in [5.41, 5.74) is 5.75. The Hall–Kier alpha value is -2.85. The number of benzene rings is 3. The molecule has 0 aliphatic carbocycles. The summed E-state index contributed by atoms with van der Waals surface area (Å²) in [5, 5.41) is 1.47. The molecule has 3 aromatic rings. The van der Waals surface area contributed by atoms with Gasteiger partial charge in [0.1, 0.15) is 6.61 Å². The van der Waals surface area contributed by atoms with Gasteiger partial charge in [-0.25, -0.2) is 0 Å². The number of aryl methyl sites for hydroxylation is 1. The van der Waals surface area contributed by atoms with Gasteiger partial charge in [-0.3, -0.25) is 15.0 Å². The zero-order chi connectivity index (χ0) is 25.8. The molecule has 3 aromatic carbocycles. The third-order valence-electron chi connectivity index (χ3n) is 5.11. The SMILES string of the molecule is COc1cc(/C=C2/SC(=S)N(NC(=O)c3cccc(Cl)c3)C2=O)cc(Br)c1OCc1cccc(C)c1. The van der Waals surface area contributed by atoms with Crippen molar-refractivity contribution in [2.24, 2.45) is 0 Å². The number of thioether (sulfide) groups is 1. The highest BCUT2D eigenvalue weighted by Crippen LogP contribution is 2.39. The van der Waals surface area contributed by atoms with Crippen LogP contribution in [0.1, 0.15) is 27.0 Å². The van der Waals surface area contributed by atoms with Crippen molar-refractivity contribution in [3.63, 3.8) is 0 Å². The van der Waals surface area contributed by atoms with Gasteiger partial charge in [0.2, 0.25) is 0 Å².